The molecule has 14 heavy (non-hydrogen) atoms. The molecule has 3 heteroatoms. The molecule has 0 unspecified atom stereocenters. The van der Waals surface area contributed by atoms with Gasteiger partial charge in [0.15, 0.2) is 5.78 Å². The summed E-state index contributed by atoms with van der Waals surface area (Å²) in [5, 5.41) is 4.02. The molecule has 0 aliphatic rings. The lowest BCUT2D eigenvalue weighted by molar-refractivity contribution is 0.101. The van der Waals surface area contributed by atoms with Crippen LogP contribution >= 0.6 is 11.3 Å². The van der Waals surface area contributed by atoms with E-state index < -0.39 is 0 Å². The summed E-state index contributed by atoms with van der Waals surface area (Å²) in [4.78, 5) is 15.4. The molecule has 0 bridgehead atoms. The zero-order chi connectivity index (χ0) is 9.97. The lowest BCUT2D eigenvalue weighted by Crippen LogP contribution is -1.96. The molecule has 2 heterocycles. The first kappa shape index (κ1) is 9.09. The van der Waals surface area contributed by atoms with Gasteiger partial charge >= 0.3 is 0 Å². The molecule has 0 aliphatic carbocycles. The van der Waals surface area contributed by atoms with Crippen molar-refractivity contribution in [2.24, 2.45) is 0 Å². The number of aromatic nitrogens is 1. The van der Waals surface area contributed by atoms with E-state index in [0.717, 1.165) is 11.3 Å². The average Bonchev–Trinajstić information content (AvgIpc) is 2.71. The molecule has 0 saturated heterocycles. The highest BCUT2D eigenvalue weighted by Crippen LogP contribution is 2.19. The predicted octanol–water partition coefficient (Wildman–Crippen LogP) is 3.01. The van der Waals surface area contributed by atoms with Gasteiger partial charge in [0.05, 0.1) is 5.69 Å². The maximum Gasteiger partial charge on any atom is 0.178 e. The Hall–Kier alpha value is -1.48. The zero-order valence-corrected chi connectivity index (χ0v) is 8.54. The van der Waals surface area contributed by atoms with Crippen molar-refractivity contribution in [2.45, 2.75) is 6.92 Å². The van der Waals surface area contributed by atoms with Crippen LogP contribution in [0.3, 0.4) is 0 Å². The number of rotatable bonds is 2. The minimum Gasteiger partial charge on any atom is -0.293 e. The second-order valence-corrected chi connectivity index (χ2v) is 3.76. The molecule has 0 aromatic carbocycles. The van der Waals surface area contributed by atoms with Crippen LogP contribution in [-0.4, -0.2) is 10.8 Å². The number of ketones is 1. The van der Waals surface area contributed by atoms with E-state index in [4.69, 9.17) is 0 Å². The van der Waals surface area contributed by atoms with Gasteiger partial charge in [0.2, 0.25) is 0 Å². The Morgan fingerprint density at radius 2 is 2.21 bits per heavy atom. The Balaban J connectivity index is 2.46. The number of pyridine rings is 1. The minimum absolute atomic E-state index is 0.00193. The van der Waals surface area contributed by atoms with Gasteiger partial charge in [-0.05, 0) is 23.6 Å². The van der Waals surface area contributed by atoms with Crippen molar-refractivity contribution in [3.63, 3.8) is 0 Å². The summed E-state index contributed by atoms with van der Waals surface area (Å²) in [6.45, 7) is 1.53. The molecule has 0 fully saturated rings. The highest BCUT2D eigenvalue weighted by molar-refractivity contribution is 7.08. The minimum atomic E-state index is 0.00193. The second-order valence-electron chi connectivity index (χ2n) is 2.98. The van der Waals surface area contributed by atoms with E-state index in [2.05, 4.69) is 4.98 Å². The normalized spacial score (nSPS) is 10.1. The van der Waals surface area contributed by atoms with Crippen LogP contribution in [-0.2, 0) is 0 Å². The molecule has 70 valence electrons. The number of hydrogen-bond donors (Lipinski definition) is 0. The van der Waals surface area contributed by atoms with Crippen molar-refractivity contribution in [3.8, 4) is 11.3 Å². The van der Waals surface area contributed by atoms with E-state index in [1.807, 2.05) is 29.0 Å². The molecular formula is C11H9NOS. The molecule has 0 aliphatic heterocycles. The molecule has 0 radical (unpaired) electrons. The number of hydrogen-bond acceptors (Lipinski definition) is 3. The van der Waals surface area contributed by atoms with Crippen LogP contribution in [0.4, 0.5) is 0 Å². The zero-order valence-electron chi connectivity index (χ0n) is 7.73. The molecule has 2 aromatic rings. The Morgan fingerprint density at radius 1 is 1.36 bits per heavy atom. The first-order chi connectivity index (χ1) is 6.77. The molecule has 0 atom stereocenters. The lowest BCUT2D eigenvalue weighted by atomic mass is 10.2. The van der Waals surface area contributed by atoms with Gasteiger partial charge in [0.1, 0.15) is 5.69 Å². The third-order valence-electron chi connectivity index (χ3n) is 1.93. The molecule has 0 amide bonds. The molecular weight excluding hydrogens is 194 g/mol. The van der Waals surface area contributed by atoms with Crippen molar-refractivity contribution in [1.82, 2.24) is 4.98 Å². The fraction of sp³-hybridized carbons (Fsp3) is 0.0909. The SMILES string of the molecule is CC(=O)c1cccc(-c2ccsc2)n1. The Kier molecular flexibility index (Phi) is 2.41. The van der Waals surface area contributed by atoms with Gasteiger partial charge in [-0.3, -0.25) is 4.79 Å². The summed E-state index contributed by atoms with van der Waals surface area (Å²) in [6, 6.07) is 7.50. The van der Waals surface area contributed by atoms with E-state index in [1.165, 1.54) is 6.92 Å². The molecule has 0 N–H and O–H groups in total. The molecule has 0 spiro atoms. The molecule has 2 nitrogen and oxygen atoms in total. The van der Waals surface area contributed by atoms with Crippen LogP contribution in [0.15, 0.2) is 35.0 Å². The van der Waals surface area contributed by atoms with Crippen molar-refractivity contribution in [1.29, 1.82) is 0 Å². The highest BCUT2D eigenvalue weighted by Gasteiger charge is 2.03. The Morgan fingerprint density at radius 3 is 2.86 bits per heavy atom. The van der Waals surface area contributed by atoms with Crippen molar-refractivity contribution in [3.05, 3.63) is 40.7 Å². The quantitative estimate of drug-likeness (QED) is 0.702. The van der Waals surface area contributed by atoms with Gasteiger partial charge in [-0.15, -0.1) is 0 Å². The lowest BCUT2D eigenvalue weighted by Gasteiger charge is -1.98. The van der Waals surface area contributed by atoms with Gasteiger partial charge in [0, 0.05) is 17.9 Å². The van der Waals surface area contributed by atoms with E-state index >= 15 is 0 Å². The molecule has 0 saturated carbocycles. The third-order valence-corrected chi connectivity index (χ3v) is 2.61. The standard InChI is InChI=1S/C11H9NOS/c1-8(13)10-3-2-4-11(12-10)9-5-6-14-7-9/h2-7H,1H3. The summed E-state index contributed by atoms with van der Waals surface area (Å²) >= 11 is 1.62. The fourth-order valence-corrected chi connectivity index (χ4v) is 1.85. The van der Waals surface area contributed by atoms with E-state index in [1.54, 1.807) is 17.4 Å². The summed E-state index contributed by atoms with van der Waals surface area (Å²) in [5.41, 5.74) is 2.45. The Labute approximate surface area is 86.2 Å². The van der Waals surface area contributed by atoms with Crippen LogP contribution < -0.4 is 0 Å². The first-order valence-corrected chi connectivity index (χ1v) is 5.22. The van der Waals surface area contributed by atoms with Crippen LogP contribution in [0.2, 0.25) is 0 Å². The number of carbonyl (C=O) groups is 1. The van der Waals surface area contributed by atoms with Gasteiger partial charge in [0.25, 0.3) is 0 Å². The fourth-order valence-electron chi connectivity index (χ4n) is 1.20. The smallest absolute Gasteiger partial charge is 0.178 e. The third kappa shape index (κ3) is 1.72. The highest BCUT2D eigenvalue weighted by atomic mass is 32.1. The largest absolute Gasteiger partial charge is 0.293 e. The van der Waals surface area contributed by atoms with Gasteiger partial charge in [-0.2, -0.15) is 11.3 Å². The van der Waals surface area contributed by atoms with E-state index in [0.29, 0.717) is 5.69 Å². The van der Waals surface area contributed by atoms with Crippen LogP contribution in [0.5, 0.6) is 0 Å². The Bertz CT molecular complexity index is 448. The predicted molar refractivity (Wildman–Crippen MR) is 57.6 cm³/mol. The molecule has 2 rings (SSSR count). The topological polar surface area (TPSA) is 30.0 Å². The van der Waals surface area contributed by atoms with Crippen LogP contribution in [0.25, 0.3) is 11.3 Å². The second kappa shape index (κ2) is 3.72. The van der Waals surface area contributed by atoms with Gasteiger partial charge < -0.3 is 0 Å². The maximum absolute atomic E-state index is 11.1. The van der Waals surface area contributed by atoms with Crippen molar-refractivity contribution in [2.75, 3.05) is 0 Å². The monoisotopic (exact) mass is 203 g/mol. The van der Waals surface area contributed by atoms with Gasteiger partial charge in [-0.1, -0.05) is 6.07 Å². The van der Waals surface area contributed by atoms with Crippen molar-refractivity contribution >= 4 is 17.1 Å². The average molecular weight is 203 g/mol. The number of thiophene rings is 1. The van der Waals surface area contributed by atoms with Crippen LogP contribution in [0.1, 0.15) is 17.4 Å². The number of Topliss-reactive ketones (excluding diaryl/α,β-unsaturated/α-hetero) is 1. The first-order valence-electron chi connectivity index (χ1n) is 4.28. The molecule has 2 aromatic heterocycles. The van der Waals surface area contributed by atoms with E-state index in [9.17, 15) is 4.79 Å². The summed E-state index contributed by atoms with van der Waals surface area (Å²) in [6.07, 6.45) is 0. The number of nitrogens with zero attached hydrogens (tertiary/aromatic N) is 1. The van der Waals surface area contributed by atoms with Crippen LogP contribution in [0, 0.1) is 0 Å². The maximum atomic E-state index is 11.1. The van der Waals surface area contributed by atoms with Gasteiger partial charge in [-0.25, -0.2) is 4.98 Å². The summed E-state index contributed by atoms with van der Waals surface area (Å²) in [5.74, 6) is 0.00193. The summed E-state index contributed by atoms with van der Waals surface area (Å²) in [7, 11) is 0. The van der Waals surface area contributed by atoms with Crippen molar-refractivity contribution < 1.29 is 4.79 Å². The summed E-state index contributed by atoms with van der Waals surface area (Å²) < 4.78 is 0. The van der Waals surface area contributed by atoms with E-state index in [-0.39, 0.29) is 5.78 Å². The number of carbonyl (C=O) groups excluding carboxylic acids is 1.